The van der Waals surface area contributed by atoms with Crippen molar-refractivity contribution in [3.8, 4) is 5.75 Å². The zero-order valence-corrected chi connectivity index (χ0v) is 15.2. The fourth-order valence-corrected chi connectivity index (χ4v) is 2.79. The molecule has 28 heavy (non-hydrogen) atoms. The predicted octanol–water partition coefficient (Wildman–Crippen LogP) is 4.26. The Morgan fingerprint density at radius 1 is 1.07 bits per heavy atom. The number of carbonyl (C=O) groups excluding carboxylic acids is 1. The average Bonchev–Trinajstić information content (AvgIpc) is 2.63. The molecule has 1 saturated heterocycles. The first-order valence-corrected chi connectivity index (χ1v) is 8.79. The van der Waals surface area contributed by atoms with E-state index < -0.39 is 12.4 Å². The minimum Gasteiger partial charge on any atom is -0.406 e. The van der Waals surface area contributed by atoms with Crippen LogP contribution in [-0.2, 0) is 0 Å². The quantitative estimate of drug-likeness (QED) is 0.809. The monoisotopic (exact) mass is 395 g/mol. The molecule has 3 rings (SSSR count). The molecule has 7 nitrogen and oxygen atoms in total. The molecule has 1 aromatic carbocycles. The summed E-state index contributed by atoms with van der Waals surface area (Å²) in [6, 6.07) is 4.27. The maximum atomic E-state index is 12.1. The van der Waals surface area contributed by atoms with Gasteiger partial charge in [-0.1, -0.05) is 6.92 Å². The molecule has 0 unspecified atom stereocenters. The van der Waals surface area contributed by atoms with Gasteiger partial charge in [0.2, 0.25) is 5.95 Å². The van der Waals surface area contributed by atoms with Gasteiger partial charge in [-0.15, -0.1) is 13.2 Å². The van der Waals surface area contributed by atoms with E-state index >= 15 is 0 Å². The van der Waals surface area contributed by atoms with E-state index in [0.717, 1.165) is 38.1 Å². The van der Waals surface area contributed by atoms with Crippen LogP contribution in [0.3, 0.4) is 0 Å². The highest BCUT2D eigenvalue weighted by molar-refractivity contribution is 5.99. The number of hydrogen-bond donors (Lipinski definition) is 2. The lowest BCUT2D eigenvalue weighted by Gasteiger charge is -2.30. The topological polar surface area (TPSA) is 79.4 Å². The highest BCUT2D eigenvalue weighted by atomic mass is 19.4. The van der Waals surface area contributed by atoms with Crippen LogP contribution >= 0.6 is 0 Å². The molecule has 0 saturated carbocycles. The second-order valence-electron chi connectivity index (χ2n) is 6.59. The number of nitrogens with zero attached hydrogens (tertiary/aromatic N) is 3. The smallest absolute Gasteiger partial charge is 0.406 e. The molecular formula is C18H20F3N5O2. The molecule has 0 spiro atoms. The Kier molecular flexibility index (Phi) is 5.86. The molecule has 1 aliphatic rings. The van der Waals surface area contributed by atoms with Gasteiger partial charge >= 0.3 is 12.4 Å². The summed E-state index contributed by atoms with van der Waals surface area (Å²) < 4.78 is 40.2. The van der Waals surface area contributed by atoms with Crippen LogP contribution in [0.15, 0.2) is 36.7 Å². The lowest BCUT2D eigenvalue weighted by molar-refractivity contribution is -0.274. The number of aromatic nitrogens is 2. The van der Waals surface area contributed by atoms with Gasteiger partial charge in [-0.3, -0.25) is 0 Å². The van der Waals surface area contributed by atoms with Crippen molar-refractivity contribution >= 4 is 23.4 Å². The Hall–Kier alpha value is -3.04. The summed E-state index contributed by atoms with van der Waals surface area (Å²) in [5.74, 6) is 0.961. The van der Waals surface area contributed by atoms with Crippen molar-refractivity contribution in [2.75, 3.05) is 28.6 Å². The largest absolute Gasteiger partial charge is 0.573 e. The van der Waals surface area contributed by atoms with Crippen LogP contribution in [0.4, 0.5) is 35.3 Å². The molecule has 0 radical (unpaired) electrons. The summed E-state index contributed by atoms with van der Waals surface area (Å²) in [6.45, 7) is 4.03. The van der Waals surface area contributed by atoms with E-state index in [4.69, 9.17) is 0 Å². The SMILES string of the molecule is CC1CCN(c2ncc(NC(=O)Nc3ccc(OC(F)(F)F)cc3)cn2)CC1. The van der Waals surface area contributed by atoms with Crippen molar-refractivity contribution < 1.29 is 22.7 Å². The van der Waals surface area contributed by atoms with Gasteiger partial charge in [-0.05, 0) is 43.0 Å². The zero-order chi connectivity index (χ0) is 20.1. The van der Waals surface area contributed by atoms with Crippen LogP contribution in [0, 0.1) is 5.92 Å². The number of ether oxygens (including phenoxy) is 1. The molecule has 0 atom stereocenters. The molecule has 1 fully saturated rings. The molecule has 2 N–H and O–H groups in total. The highest BCUT2D eigenvalue weighted by Gasteiger charge is 2.31. The zero-order valence-electron chi connectivity index (χ0n) is 15.2. The number of carbonyl (C=O) groups is 1. The van der Waals surface area contributed by atoms with Gasteiger partial charge in [-0.2, -0.15) is 0 Å². The van der Waals surface area contributed by atoms with Crippen LogP contribution in [-0.4, -0.2) is 35.5 Å². The Bertz CT molecular complexity index is 788. The third kappa shape index (κ3) is 5.73. The lowest BCUT2D eigenvalue weighted by atomic mass is 10.00. The van der Waals surface area contributed by atoms with E-state index in [1.807, 2.05) is 0 Å². The van der Waals surface area contributed by atoms with Gasteiger partial charge in [0.15, 0.2) is 0 Å². The standard InChI is InChI=1S/C18H20F3N5O2/c1-12-6-8-26(9-7-12)16-22-10-14(11-23-16)25-17(27)24-13-2-4-15(5-3-13)28-18(19,20)21/h2-5,10-12H,6-9H2,1H3,(H2,24,25,27). The second kappa shape index (κ2) is 8.32. The summed E-state index contributed by atoms with van der Waals surface area (Å²) in [5.41, 5.74) is 0.718. The van der Waals surface area contributed by atoms with Crippen LogP contribution in [0.2, 0.25) is 0 Å². The molecule has 2 aromatic rings. The van der Waals surface area contributed by atoms with Gasteiger partial charge in [0.25, 0.3) is 0 Å². The molecule has 1 aliphatic heterocycles. The van der Waals surface area contributed by atoms with E-state index in [1.54, 1.807) is 0 Å². The van der Waals surface area contributed by atoms with Crippen LogP contribution in [0.1, 0.15) is 19.8 Å². The van der Waals surface area contributed by atoms with Gasteiger partial charge in [0.1, 0.15) is 5.75 Å². The number of alkyl halides is 3. The third-order valence-electron chi connectivity index (χ3n) is 4.31. The van der Waals surface area contributed by atoms with E-state index in [-0.39, 0.29) is 5.75 Å². The van der Waals surface area contributed by atoms with Crippen molar-refractivity contribution in [2.45, 2.75) is 26.1 Å². The first kappa shape index (κ1) is 19.7. The van der Waals surface area contributed by atoms with Gasteiger partial charge in [-0.25, -0.2) is 14.8 Å². The van der Waals surface area contributed by atoms with E-state index in [9.17, 15) is 18.0 Å². The third-order valence-corrected chi connectivity index (χ3v) is 4.31. The van der Waals surface area contributed by atoms with Crippen molar-refractivity contribution in [3.05, 3.63) is 36.7 Å². The average molecular weight is 395 g/mol. The van der Waals surface area contributed by atoms with E-state index in [1.165, 1.54) is 24.5 Å². The fourth-order valence-electron chi connectivity index (χ4n) is 2.79. The number of nitrogens with one attached hydrogen (secondary N) is 2. The predicted molar refractivity (Wildman–Crippen MR) is 98.4 cm³/mol. The molecule has 2 amide bonds. The van der Waals surface area contributed by atoms with Crippen molar-refractivity contribution in [3.63, 3.8) is 0 Å². The normalized spacial score (nSPS) is 15.2. The van der Waals surface area contributed by atoms with Crippen LogP contribution in [0.25, 0.3) is 0 Å². The summed E-state index contributed by atoms with van der Waals surface area (Å²) in [5, 5.41) is 5.09. The number of rotatable bonds is 4. The van der Waals surface area contributed by atoms with Gasteiger partial charge < -0.3 is 20.3 Å². The maximum absolute atomic E-state index is 12.1. The van der Waals surface area contributed by atoms with E-state index in [0.29, 0.717) is 23.2 Å². The van der Waals surface area contributed by atoms with Gasteiger partial charge in [0, 0.05) is 18.8 Å². The molecule has 0 aliphatic carbocycles. The van der Waals surface area contributed by atoms with Crippen molar-refractivity contribution in [1.29, 1.82) is 0 Å². The first-order chi connectivity index (χ1) is 13.3. The molecule has 1 aromatic heterocycles. The number of urea groups is 1. The number of amides is 2. The molecular weight excluding hydrogens is 375 g/mol. The lowest BCUT2D eigenvalue weighted by Crippen LogP contribution is -2.34. The number of halogens is 3. The number of anilines is 3. The van der Waals surface area contributed by atoms with Crippen molar-refractivity contribution in [1.82, 2.24) is 9.97 Å². The molecule has 150 valence electrons. The van der Waals surface area contributed by atoms with Crippen LogP contribution < -0.4 is 20.3 Å². The summed E-state index contributed by atoms with van der Waals surface area (Å²) in [4.78, 5) is 22.7. The molecule has 10 heteroatoms. The van der Waals surface area contributed by atoms with Crippen LogP contribution in [0.5, 0.6) is 5.75 Å². The Labute approximate surface area is 159 Å². The Morgan fingerprint density at radius 2 is 1.64 bits per heavy atom. The minimum absolute atomic E-state index is 0.312. The fraction of sp³-hybridized carbons (Fsp3) is 0.389. The maximum Gasteiger partial charge on any atom is 0.573 e. The molecule has 0 bridgehead atoms. The van der Waals surface area contributed by atoms with E-state index in [2.05, 4.69) is 37.2 Å². The highest BCUT2D eigenvalue weighted by Crippen LogP contribution is 2.24. The first-order valence-electron chi connectivity index (χ1n) is 8.79. The number of hydrogen-bond acceptors (Lipinski definition) is 5. The Morgan fingerprint density at radius 3 is 2.21 bits per heavy atom. The molecule has 2 heterocycles. The van der Waals surface area contributed by atoms with Gasteiger partial charge in [0.05, 0.1) is 18.1 Å². The summed E-state index contributed by atoms with van der Waals surface area (Å²) in [7, 11) is 0. The second-order valence-corrected chi connectivity index (χ2v) is 6.59. The Balaban J connectivity index is 1.52. The summed E-state index contributed by atoms with van der Waals surface area (Å²) in [6.07, 6.45) is 0.461. The summed E-state index contributed by atoms with van der Waals surface area (Å²) >= 11 is 0. The number of piperidine rings is 1. The number of benzene rings is 1. The minimum atomic E-state index is -4.76. The van der Waals surface area contributed by atoms with Crippen molar-refractivity contribution in [2.24, 2.45) is 5.92 Å².